The summed E-state index contributed by atoms with van der Waals surface area (Å²) in [5.41, 5.74) is 2.22. The van der Waals surface area contributed by atoms with E-state index < -0.39 is 6.10 Å². The van der Waals surface area contributed by atoms with Crippen molar-refractivity contribution in [2.75, 3.05) is 13.2 Å². The highest BCUT2D eigenvalue weighted by Crippen LogP contribution is 2.22. The molecule has 0 spiro atoms. The standard InChI is InChI=1S/C17H29NO2/c1-12(2)9-15(5)18-10-16(19)11-20-17-13(3)7-6-8-14(17)4/h6-8,12,15-16,18-19H,9-11H2,1-5H3. The van der Waals surface area contributed by atoms with Crippen LogP contribution in [-0.4, -0.2) is 30.4 Å². The highest BCUT2D eigenvalue weighted by molar-refractivity contribution is 5.39. The molecule has 20 heavy (non-hydrogen) atoms. The maximum Gasteiger partial charge on any atom is 0.125 e. The second kappa shape index (κ2) is 8.28. The zero-order chi connectivity index (χ0) is 15.1. The fourth-order valence-corrected chi connectivity index (χ4v) is 2.39. The molecule has 0 radical (unpaired) electrons. The van der Waals surface area contributed by atoms with E-state index in [0.717, 1.165) is 23.3 Å². The highest BCUT2D eigenvalue weighted by Gasteiger charge is 2.10. The van der Waals surface area contributed by atoms with Gasteiger partial charge >= 0.3 is 0 Å². The molecule has 2 atom stereocenters. The number of para-hydroxylation sites is 1. The number of aliphatic hydroxyl groups excluding tert-OH is 1. The highest BCUT2D eigenvalue weighted by atomic mass is 16.5. The van der Waals surface area contributed by atoms with Gasteiger partial charge in [0.2, 0.25) is 0 Å². The van der Waals surface area contributed by atoms with Crippen molar-refractivity contribution in [1.82, 2.24) is 5.32 Å². The van der Waals surface area contributed by atoms with Crippen molar-refractivity contribution < 1.29 is 9.84 Å². The number of hydrogen-bond acceptors (Lipinski definition) is 3. The molecule has 0 fully saturated rings. The van der Waals surface area contributed by atoms with Crippen molar-refractivity contribution in [3.8, 4) is 5.75 Å². The molecule has 0 saturated heterocycles. The van der Waals surface area contributed by atoms with E-state index in [1.165, 1.54) is 0 Å². The average molecular weight is 279 g/mol. The van der Waals surface area contributed by atoms with Gasteiger partial charge in [-0.2, -0.15) is 0 Å². The second-order valence-corrected chi connectivity index (χ2v) is 6.12. The number of aliphatic hydroxyl groups is 1. The predicted molar refractivity (Wildman–Crippen MR) is 84.3 cm³/mol. The molecule has 114 valence electrons. The SMILES string of the molecule is Cc1cccc(C)c1OCC(O)CNC(C)CC(C)C. The van der Waals surface area contributed by atoms with Crippen LogP contribution in [-0.2, 0) is 0 Å². The van der Waals surface area contributed by atoms with Gasteiger partial charge in [-0.25, -0.2) is 0 Å². The molecule has 0 aromatic heterocycles. The van der Waals surface area contributed by atoms with E-state index in [0.29, 0.717) is 25.1 Å². The Morgan fingerprint density at radius 1 is 1.15 bits per heavy atom. The summed E-state index contributed by atoms with van der Waals surface area (Å²) >= 11 is 0. The molecule has 1 rings (SSSR count). The molecule has 0 aliphatic heterocycles. The van der Waals surface area contributed by atoms with Gasteiger partial charge in [-0.05, 0) is 44.2 Å². The molecule has 3 heteroatoms. The Hall–Kier alpha value is -1.06. The van der Waals surface area contributed by atoms with Gasteiger partial charge in [0.25, 0.3) is 0 Å². The smallest absolute Gasteiger partial charge is 0.125 e. The van der Waals surface area contributed by atoms with Gasteiger partial charge in [0.15, 0.2) is 0 Å². The third-order valence-corrected chi connectivity index (χ3v) is 3.36. The zero-order valence-electron chi connectivity index (χ0n) is 13.4. The van der Waals surface area contributed by atoms with Gasteiger partial charge in [-0.1, -0.05) is 32.0 Å². The van der Waals surface area contributed by atoms with Gasteiger partial charge in [-0.15, -0.1) is 0 Å². The van der Waals surface area contributed by atoms with Crippen molar-refractivity contribution in [1.29, 1.82) is 0 Å². The summed E-state index contributed by atoms with van der Waals surface area (Å²) in [6.45, 7) is 11.5. The van der Waals surface area contributed by atoms with E-state index in [-0.39, 0.29) is 0 Å². The summed E-state index contributed by atoms with van der Waals surface area (Å²) in [7, 11) is 0. The number of nitrogens with one attached hydrogen (secondary N) is 1. The molecule has 0 amide bonds. The first kappa shape index (κ1) is 17.0. The van der Waals surface area contributed by atoms with Crippen LogP contribution in [0.2, 0.25) is 0 Å². The Morgan fingerprint density at radius 2 is 1.75 bits per heavy atom. The molecule has 1 aromatic rings. The monoisotopic (exact) mass is 279 g/mol. The van der Waals surface area contributed by atoms with Crippen molar-refractivity contribution in [3.63, 3.8) is 0 Å². The molecule has 1 aromatic carbocycles. The number of hydrogen-bond donors (Lipinski definition) is 2. The third kappa shape index (κ3) is 5.93. The normalized spacial score (nSPS) is 14.3. The summed E-state index contributed by atoms with van der Waals surface area (Å²) in [4.78, 5) is 0. The Bertz CT molecular complexity index is 384. The van der Waals surface area contributed by atoms with Crippen molar-refractivity contribution in [2.24, 2.45) is 5.92 Å². The number of rotatable bonds is 8. The molecule has 0 heterocycles. The lowest BCUT2D eigenvalue weighted by atomic mass is 10.1. The van der Waals surface area contributed by atoms with Crippen LogP contribution < -0.4 is 10.1 Å². The Morgan fingerprint density at radius 3 is 2.30 bits per heavy atom. The summed E-state index contributed by atoms with van der Waals surface area (Å²) in [6, 6.07) is 6.49. The molecule has 0 aliphatic carbocycles. The fourth-order valence-electron chi connectivity index (χ4n) is 2.39. The van der Waals surface area contributed by atoms with Crippen LogP contribution in [0.4, 0.5) is 0 Å². The largest absolute Gasteiger partial charge is 0.490 e. The number of ether oxygens (including phenoxy) is 1. The lowest BCUT2D eigenvalue weighted by Gasteiger charge is -2.20. The quantitative estimate of drug-likeness (QED) is 0.768. The summed E-state index contributed by atoms with van der Waals surface area (Å²) in [6.07, 6.45) is 0.633. The number of benzene rings is 1. The van der Waals surface area contributed by atoms with Crippen LogP contribution in [0.1, 0.15) is 38.3 Å². The molecular weight excluding hydrogens is 250 g/mol. The molecule has 0 bridgehead atoms. The number of aryl methyl sites for hydroxylation is 2. The third-order valence-electron chi connectivity index (χ3n) is 3.36. The fraction of sp³-hybridized carbons (Fsp3) is 0.647. The molecule has 0 saturated carbocycles. The van der Waals surface area contributed by atoms with Crippen molar-refractivity contribution in [2.45, 2.75) is 53.2 Å². The van der Waals surface area contributed by atoms with Crippen LogP contribution in [0.5, 0.6) is 5.75 Å². The molecule has 0 aliphatic rings. The Labute approximate surface area is 123 Å². The van der Waals surface area contributed by atoms with Gasteiger partial charge in [0.05, 0.1) is 0 Å². The van der Waals surface area contributed by atoms with E-state index in [1.54, 1.807) is 0 Å². The zero-order valence-corrected chi connectivity index (χ0v) is 13.4. The Kier molecular flexibility index (Phi) is 7.03. The van der Waals surface area contributed by atoms with E-state index in [9.17, 15) is 5.11 Å². The molecule has 2 N–H and O–H groups in total. The van der Waals surface area contributed by atoms with Crippen LogP contribution in [0.25, 0.3) is 0 Å². The minimum atomic E-state index is -0.483. The van der Waals surface area contributed by atoms with Gasteiger partial charge in [0, 0.05) is 12.6 Å². The molecular formula is C17H29NO2. The topological polar surface area (TPSA) is 41.5 Å². The van der Waals surface area contributed by atoms with Gasteiger partial charge in [0.1, 0.15) is 18.5 Å². The Balaban J connectivity index is 2.35. The van der Waals surface area contributed by atoms with E-state index in [2.05, 4.69) is 26.1 Å². The maximum atomic E-state index is 9.99. The van der Waals surface area contributed by atoms with Crippen molar-refractivity contribution >= 4 is 0 Å². The maximum absolute atomic E-state index is 9.99. The van der Waals surface area contributed by atoms with E-state index in [1.807, 2.05) is 32.0 Å². The van der Waals surface area contributed by atoms with Crippen LogP contribution in [0.15, 0.2) is 18.2 Å². The summed E-state index contributed by atoms with van der Waals surface area (Å²) in [5.74, 6) is 1.56. The second-order valence-electron chi connectivity index (χ2n) is 6.12. The first-order valence-corrected chi connectivity index (χ1v) is 7.50. The molecule has 2 unspecified atom stereocenters. The van der Waals surface area contributed by atoms with Crippen LogP contribution in [0.3, 0.4) is 0 Å². The summed E-state index contributed by atoms with van der Waals surface area (Å²) < 4.78 is 5.75. The minimum absolute atomic E-state index is 0.326. The first-order chi connectivity index (χ1) is 9.40. The lowest BCUT2D eigenvalue weighted by molar-refractivity contribution is 0.102. The predicted octanol–water partition coefficient (Wildman–Crippen LogP) is 3.07. The van der Waals surface area contributed by atoms with E-state index >= 15 is 0 Å². The molecule has 3 nitrogen and oxygen atoms in total. The van der Waals surface area contributed by atoms with Crippen LogP contribution in [0, 0.1) is 19.8 Å². The summed E-state index contributed by atoms with van der Waals surface area (Å²) in [5, 5.41) is 13.3. The van der Waals surface area contributed by atoms with Gasteiger partial charge < -0.3 is 15.2 Å². The van der Waals surface area contributed by atoms with Crippen molar-refractivity contribution in [3.05, 3.63) is 29.3 Å². The van der Waals surface area contributed by atoms with Gasteiger partial charge in [-0.3, -0.25) is 0 Å². The minimum Gasteiger partial charge on any atom is -0.490 e. The van der Waals surface area contributed by atoms with E-state index in [4.69, 9.17) is 4.74 Å². The average Bonchev–Trinajstić information content (AvgIpc) is 2.35. The lowest BCUT2D eigenvalue weighted by Crippen LogP contribution is -2.37. The van der Waals surface area contributed by atoms with Crippen LogP contribution >= 0.6 is 0 Å². The first-order valence-electron chi connectivity index (χ1n) is 7.50.